The number of rotatable bonds is 2. The molecule has 4 nitrogen and oxygen atoms in total. The van der Waals surface area contributed by atoms with Crippen molar-refractivity contribution in [1.29, 1.82) is 0 Å². The number of aliphatic imine (C=N–C) groups is 1. The van der Waals surface area contributed by atoms with Gasteiger partial charge >= 0.3 is 0 Å². The van der Waals surface area contributed by atoms with Gasteiger partial charge in [0.15, 0.2) is 0 Å². The number of nitrogens with zero attached hydrogens (tertiary/aromatic N) is 3. The molecule has 5 heteroatoms. The Morgan fingerprint density at radius 1 is 0.795 bits per heavy atom. The monoisotopic (exact) mass is 689 g/mol. The number of hydrogen-bond acceptors (Lipinski definition) is 4. The van der Waals surface area contributed by atoms with Crippen LogP contribution in [0.4, 0.5) is 0 Å². The van der Waals surface area contributed by atoms with E-state index < -0.39 is 0 Å². The molecule has 0 atom stereocenters. The summed E-state index contributed by atoms with van der Waals surface area (Å²) in [5, 5.41) is 13.7. The van der Waals surface area contributed by atoms with Gasteiger partial charge in [0.2, 0.25) is 0 Å². The fourth-order valence-electron chi connectivity index (χ4n) is 4.56. The molecule has 0 aliphatic heterocycles. The van der Waals surface area contributed by atoms with Crippen LogP contribution in [0.5, 0.6) is 5.75 Å². The number of aromatic hydroxyl groups is 1. The van der Waals surface area contributed by atoms with Crippen molar-refractivity contribution in [2.75, 3.05) is 7.05 Å². The summed E-state index contributed by atoms with van der Waals surface area (Å²) >= 11 is 0. The number of fused-ring (bicyclic) bond motifs is 6. The first kappa shape index (κ1) is 28.1. The van der Waals surface area contributed by atoms with Crippen LogP contribution in [0.25, 0.3) is 43.8 Å². The van der Waals surface area contributed by atoms with E-state index in [4.69, 9.17) is 15.1 Å². The van der Waals surface area contributed by atoms with Crippen LogP contribution in [0.1, 0.15) is 31.9 Å². The molecule has 1 heterocycles. The van der Waals surface area contributed by atoms with Crippen LogP contribution in [0.2, 0.25) is 0 Å². The summed E-state index contributed by atoms with van der Waals surface area (Å²) < 4.78 is 0. The number of benzene rings is 5. The predicted octanol–water partition coefficient (Wildman–Crippen LogP) is 8.14. The van der Waals surface area contributed by atoms with E-state index in [0.29, 0.717) is 0 Å². The largest absolute Gasteiger partial charge is 0.507 e. The number of aromatic nitrogens is 2. The maximum absolute atomic E-state index is 9.15. The first-order valence-electron chi connectivity index (χ1n) is 12.7. The number of para-hydroxylation sites is 1. The van der Waals surface area contributed by atoms with Crippen LogP contribution in [0, 0.1) is 6.07 Å². The third-order valence-corrected chi connectivity index (χ3v) is 6.59. The molecule has 5 aromatic carbocycles. The Morgan fingerprint density at radius 3 is 2.15 bits per heavy atom. The van der Waals surface area contributed by atoms with Crippen molar-refractivity contribution in [3.05, 3.63) is 114 Å². The Labute approximate surface area is 242 Å². The molecule has 0 aliphatic rings. The van der Waals surface area contributed by atoms with Gasteiger partial charge in [-0.3, -0.25) is 9.98 Å². The van der Waals surface area contributed by atoms with Crippen molar-refractivity contribution in [3.8, 4) is 17.0 Å². The van der Waals surface area contributed by atoms with Gasteiger partial charge in [0, 0.05) is 56.2 Å². The molecule has 0 saturated heterocycles. The molecule has 0 spiro atoms. The summed E-state index contributed by atoms with van der Waals surface area (Å²) in [5.74, 6) is 0.271. The van der Waals surface area contributed by atoms with Crippen LogP contribution < -0.4 is 0 Å². The molecule has 197 valence electrons. The van der Waals surface area contributed by atoms with Gasteiger partial charge in [0.05, 0.1) is 11.2 Å². The average Bonchev–Trinajstić information content (AvgIpc) is 2.94. The van der Waals surface area contributed by atoms with E-state index in [-0.39, 0.29) is 31.3 Å². The van der Waals surface area contributed by atoms with Crippen molar-refractivity contribution in [3.63, 3.8) is 0 Å². The van der Waals surface area contributed by atoms with Crippen LogP contribution in [0.3, 0.4) is 0 Å². The standard InChI is InChI=1S/C26H21N2.C8H9NO.Ir/c1-26(2,3)18-14-12-17(13-15-18)23-16-27-24-21-10-6-4-8-19(21)20-9-5-7-11-22(20)25(24)28-23;1-9-6-7-4-2-3-5-8(7)10;/h4-9,11-16H,1-3H3;2-6,10H,1H3;/q-1;;. The zero-order valence-corrected chi connectivity index (χ0v) is 24.8. The molecule has 0 amide bonds. The second-order valence-electron chi connectivity index (χ2n) is 10.2. The summed E-state index contributed by atoms with van der Waals surface area (Å²) in [7, 11) is 1.67. The molecule has 0 fully saturated rings. The quantitative estimate of drug-likeness (QED) is 0.114. The van der Waals surface area contributed by atoms with Crippen LogP contribution in [-0.2, 0) is 25.5 Å². The van der Waals surface area contributed by atoms with Gasteiger partial charge in [-0.25, -0.2) is 0 Å². The zero-order chi connectivity index (χ0) is 26.7. The number of hydrogen-bond donors (Lipinski definition) is 1. The van der Waals surface area contributed by atoms with E-state index in [9.17, 15) is 0 Å². The normalized spacial score (nSPS) is 11.4. The fraction of sp³-hybridized carbons (Fsp3) is 0.147. The molecular formula is C34H30IrN3O-. The van der Waals surface area contributed by atoms with Crippen LogP contribution >= 0.6 is 0 Å². The third-order valence-electron chi connectivity index (χ3n) is 6.59. The second kappa shape index (κ2) is 11.9. The Bertz CT molecular complexity index is 1740. The van der Waals surface area contributed by atoms with Gasteiger partial charge in [-0.15, -0.1) is 29.7 Å². The SMILES string of the molecule is CC(C)(C)c1ccc(-c2cnc3c4[c-]cccc4c4ccccc4c3n2)cc1.CN=Cc1ccccc1O.[Ir]. The molecular weight excluding hydrogens is 659 g/mol. The van der Waals surface area contributed by atoms with E-state index in [0.717, 1.165) is 38.6 Å². The first-order valence-corrected chi connectivity index (χ1v) is 12.7. The van der Waals surface area contributed by atoms with E-state index in [1.54, 1.807) is 25.4 Å². The van der Waals surface area contributed by atoms with Gasteiger partial charge < -0.3 is 10.1 Å². The number of phenols is 1. The molecule has 1 N–H and O–H groups in total. The van der Waals surface area contributed by atoms with E-state index in [1.165, 1.54) is 16.3 Å². The average molecular weight is 689 g/mol. The Morgan fingerprint density at radius 2 is 1.46 bits per heavy atom. The van der Waals surface area contributed by atoms with Crippen molar-refractivity contribution in [2.24, 2.45) is 4.99 Å². The zero-order valence-electron chi connectivity index (χ0n) is 22.4. The van der Waals surface area contributed by atoms with Gasteiger partial charge in [-0.1, -0.05) is 92.2 Å². The fourth-order valence-corrected chi connectivity index (χ4v) is 4.56. The van der Waals surface area contributed by atoms with E-state index in [1.807, 2.05) is 30.5 Å². The second-order valence-corrected chi connectivity index (χ2v) is 10.2. The van der Waals surface area contributed by atoms with Crippen molar-refractivity contribution in [2.45, 2.75) is 26.2 Å². The Balaban J connectivity index is 0.000000273. The van der Waals surface area contributed by atoms with Crippen molar-refractivity contribution < 1.29 is 25.2 Å². The van der Waals surface area contributed by atoms with Crippen molar-refractivity contribution in [1.82, 2.24) is 9.97 Å². The summed E-state index contributed by atoms with van der Waals surface area (Å²) in [6.45, 7) is 6.68. The molecule has 0 bridgehead atoms. The van der Waals surface area contributed by atoms with Gasteiger partial charge in [0.1, 0.15) is 5.75 Å². The van der Waals surface area contributed by atoms with Gasteiger partial charge in [0.25, 0.3) is 0 Å². The molecule has 6 rings (SSSR count). The summed E-state index contributed by atoms with van der Waals surface area (Å²) in [6, 6.07) is 33.6. The summed E-state index contributed by atoms with van der Waals surface area (Å²) in [4.78, 5) is 13.6. The molecule has 1 aromatic heterocycles. The van der Waals surface area contributed by atoms with Crippen LogP contribution in [0.15, 0.2) is 102 Å². The predicted molar refractivity (Wildman–Crippen MR) is 159 cm³/mol. The Hall–Kier alpha value is -3.92. The molecule has 1 radical (unpaired) electrons. The third kappa shape index (κ3) is 5.90. The molecule has 0 aliphatic carbocycles. The number of phenolic OH excluding ortho intramolecular Hbond substituents is 1. The van der Waals surface area contributed by atoms with Gasteiger partial charge in [-0.05, 0) is 28.5 Å². The van der Waals surface area contributed by atoms with E-state index >= 15 is 0 Å². The topological polar surface area (TPSA) is 58.4 Å². The Kier molecular flexibility index (Phi) is 8.54. The molecule has 0 unspecified atom stereocenters. The van der Waals surface area contributed by atoms with Crippen LogP contribution in [-0.4, -0.2) is 28.3 Å². The molecule has 0 saturated carbocycles. The minimum Gasteiger partial charge on any atom is -0.507 e. The molecule has 6 aromatic rings. The first-order chi connectivity index (χ1) is 18.4. The summed E-state index contributed by atoms with van der Waals surface area (Å²) in [5.41, 5.74) is 6.03. The van der Waals surface area contributed by atoms with E-state index in [2.05, 4.69) is 86.4 Å². The molecule has 39 heavy (non-hydrogen) atoms. The van der Waals surface area contributed by atoms with Gasteiger partial charge in [-0.2, -0.15) is 0 Å². The minimum absolute atomic E-state index is 0. The maximum Gasteiger partial charge on any atom is 0.124 e. The minimum atomic E-state index is 0. The summed E-state index contributed by atoms with van der Waals surface area (Å²) in [6.07, 6.45) is 3.50. The van der Waals surface area contributed by atoms with Crippen molar-refractivity contribution >= 4 is 38.8 Å². The maximum atomic E-state index is 9.15. The smallest absolute Gasteiger partial charge is 0.124 e.